The smallest absolute Gasteiger partial charge is 0.160 e. The number of para-hydroxylation sites is 3. The lowest BCUT2D eigenvalue weighted by atomic mass is 9.65. The summed E-state index contributed by atoms with van der Waals surface area (Å²) in [5, 5.41) is 5.04. The standard InChI is InChI=1S/C65H39N3S/c1-2-16-40(17-3-1)41-32-34-42(35-33-41)44-18-4-5-20-47(44)57-39-58(52-25-14-24-51-49-22-8-13-31-61(49)69-63(51)52)67-64(66-57)43-36-37-46-45-19-6-9-26-53(45)65(56(46)38-43)54-27-10-12-30-60(54)68-59-29-11-7-21-48(59)50-23-15-28-55(65)62(50)68/h1-39H. The topological polar surface area (TPSA) is 30.7 Å². The Balaban J connectivity index is 0.984. The van der Waals surface area contributed by atoms with Crippen molar-refractivity contribution in [1.29, 1.82) is 0 Å². The van der Waals surface area contributed by atoms with E-state index in [0.717, 1.165) is 39.2 Å². The number of fused-ring (bicyclic) bond motifs is 15. The van der Waals surface area contributed by atoms with Crippen LogP contribution in [-0.2, 0) is 5.41 Å². The van der Waals surface area contributed by atoms with Gasteiger partial charge in [-0.2, -0.15) is 0 Å². The number of hydrogen-bond donors (Lipinski definition) is 0. The molecule has 3 nitrogen and oxygen atoms in total. The Morgan fingerprint density at radius 3 is 1.80 bits per heavy atom. The summed E-state index contributed by atoms with van der Waals surface area (Å²) in [4.78, 5) is 11.2. The van der Waals surface area contributed by atoms with Gasteiger partial charge < -0.3 is 4.57 Å². The number of benzene rings is 10. The Morgan fingerprint density at radius 1 is 0.348 bits per heavy atom. The van der Waals surface area contributed by atoms with Crippen molar-refractivity contribution in [2.45, 2.75) is 5.41 Å². The lowest BCUT2D eigenvalue weighted by Gasteiger charge is -2.39. The third-order valence-corrected chi connectivity index (χ3v) is 16.1. The van der Waals surface area contributed by atoms with Crippen LogP contribution in [0, 0.1) is 0 Å². The minimum Gasteiger partial charge on any atom is -0.309 e. The lowest BCUT2D eigenvalue weighted by Crippen LogP contribution is -2.33. The number of hydrogen-bond acceptors (Lipinski definition) is 3. The maximum atomic E-state index is 5.62. The van der Waals surface area contributed by atoms with Crippen LogP contribution in [0.5, 0.6) is 0 Å². The van der Waals surface area contributed by atoms with E-state index in [-0.39, 0.29) is 0 Å². The molecular formula is C65H39N3S. The van der Waals surface area contributed by atoms with Gasteiger partial charge in [-0.15, -0.1) is 11.3 Å². The van der Waals surface area contributed by atoms with Gasteiger partial charge in [0.15, 0.2) is 5.82 Å². The fraction of sp³-hybridized carbons (Fsp3) is 0.0154. The van der Waals surface area contributed by atoms with E-state index >= 15 is 0 Å². The highest BCUT2D eigenvalue weighted by Gasteiger charge is 2.51. The highest BCUT2D eigenvalue weighted by atomic mass is 32.1. The Bertz CT molecular complexity index is 4260. The third-order valence-electron chi connectivity index (χ3n) is 14.9. The Labute approximate surface area is 402 Å². The first-order valence-electron chi connectivity index (χ1n) is 23.6. The summed E-state index contributed by atoms with van der Waals surface area (Å²) in [6, 6.07) is 86.7. The van der Waals surface area contributed by atoms with Crippen LogP contribution in [0.4, 0.5) is 0 Å². The van der Waals surface area contributed by atoms with E-state index in [1.165, 1.54) is 92.2 Å². The Hall–Kier alpha value is -8.70. The maximum absolute atomic E-state index is 5.62. The van der Waals surface area contributed by atoms with Gasteiger partial charge in [0.05, 0.1) is 33.5 Å². The molecule has 3 aromatic heterocycles. The van der Waals surface area contributed by atoms with Crippen molar-refractivity contribution in [3.63, 3.8) is 0 Å². The van der Waals surface area contributed by atoms with Gasteiger partial charge in [0.2, 0.25) is 0 Å². The SMILES string of the molecule is c1ccc(-c2ccc(-c3ccccc3-c3cc(-c4cccc5c4sc4ccccc45)nc(-c4ccc5c(c4)C4(c6ccccc6-5)c5ccccc5-n5c6ccccc6c6cccc4c65)n3)cc2)cc1. The molecule has 0 fully saturated rings. The fourth-order valence-corrected chi connectivity index (χ4v) is 13.2. The zero-order valence-corrected chi connectivity index (χ0v) is 38.1. The van der Waals surface area contributed by atoms with Crippen LogP contribution in [0.25, 0.3) is 115 Å². The largest absolute Gasteiger partial charge is 0.309 e. The van der Waals surface area contributed by atoms with Gasteiger partial charge >= 0.3 is 0 Å². The molecule has 1 unspecified atom stereocenters. The molecule has 69 heavy (non-hydrogen) atoms. The van der Waals surface area contributed by atoms with Crippen molar-refractivity contribution in [3.8, 4) is 73.0 Å². The first-order chi connectivity index (χ1) is 34.2. The van der Waals surface area contributed by atoms with E-state index in [1.54, 1.807) is 0 Å². The Morgan fingerprint density at radius 2 is 0.928 bits per heavy atom. The molecule has 4 heterocycles. The molecule has 4 heteroatoms. The molecule has 0 amide bonds. The molecule has 1 spiro atoms. The van der Waals surface area contributed by atoms with Gasteiger partial charge in [0.25, 0.3) is 0 Å². The van der Waals surface area contributed by atoms with E-state index in [2.05, 4.69) is 241 Å². The summed E-state index contributed by atoms with van der Waals surface area (Å²) in [6.45, 7) is 0. The van der Waals surface area contributed by atoms with Crippen molar-refractivity contribution in [1.82, 2.24) is 14.5 Å². The van der Waals surface area contributed by atoms with Gasteiger partial charge in [-0.3, -0.25) is 0 Å². The average molecular weight is 894 g/mol. The predicted octanol–water partition coefficient (Wildman–Crippen LogP) is 17.0. The molecule has 2 aliphatic rings. The number of rotatable bonds is 5. The highest BCUT2D eigenvalue weighted by Crippen LogP contribution is 2.61. The van der Waals surface area contributed by atoms with Crippen LogP contribution < -0.4 is 0 Å². The van der Waals surface area contributed by atoms with Crippen LogP contribution in [0.15, 0.2) is 237 Å². The fourth-order valence-electron chi connectivity index (χ4n) is 11.9. The molecule has 1 aliphatic carbocycles. The van der Waals surface area contributed by atoms with E-state index in [9.17, 15) is 0 Å². The quantitative estimate of drug-likeness (QED) is 0.172. The molecule has 10 aromatic carbocycles. The van der Waals surface area contributed by atoms with Gasteiger partial charge in [0, 0.05) is 47.6 Å². The summed E-state index contributed by atoms with van der Waals surface area (Å²) in [7, 11) is 0. The average Bonchev–Trinajstić information content (AvgIpc) is 4.07. The van der Waals surface area contributed by atoms with Gasteiger partial charge in [0.1, 0.15) is 0 Å². The number of thiophene rings is 1. The molecule has 1 aliphatic heterocycles. The second kappa shape index (κ2) is 14.6. The van der Waals surface area contributed by atoms with Gasteiger partial charge in [-0.1, -0.05) is 206 Å². The second-order valence-corrected chi connectivity index (χ2v) is 19.4. The van der Waals surface area contributed by atoms with Gasteiger partial charge in [-0.05, 0) is 86.0 Å². The van der Waals surface area contributed by atoms with E-state index in [0.29, 0.717) is 5.82 Å². The van der Waals surface area contributed by atoms with Crippen LogP contribution in [-0.4, -0.2) is 14.5 Å². The normalized spacial score (nSPS) is 14.4. The zero-order valence-electron chi connectivity index (χ0n) is 37.3. The first-order valence-corrected chi connectivity index (χ1v) is 24.5. The molecular weight excluding hydrogens is 855 g/mol. The molecule has 320 valence electrons. The molecule has 0 radical (unpaired) electrons. The highest BCUT2D eigenvalue weighted by molar-refractivity contribution is 7.26. The van der Waals surface area contributed by atoms with Crippen molar-refractivity contribution in [3.05, 3.63) is 259 Å². The summed E-state index contributed by atoms with van der Waals surface area (Å²) in [6.07, 6.45) is 0. The number of nitrogens with zero attached hydrogens (tertiary/aromatic N) is 3. The van der Waals surface area contributed by atoms with E-state index < -0.39 is 5.41 Å². The molecule has 0 bridgehead atoms. The summed E-state index contributed by atoms with van der Waals surface area (Å²) in [5.41, 5.74) is 20.3. The molecule has 15 rings (SSSR count). The van der Waals surface area contributed by atoms with Crippen LogP contribution in [0.3, 0.4) is 0 Å². The van der Waals surface area contributed by atoms with E-state index in [4.69, 9.17) is 9.97 Å². The zero-order chi connectivity index (χ0) is 45.2. The predicted molar refractivity (Wildman–Crippen MR) is 287 cm³/mol. The van der Waals surface area contributed by atoms with Crippen LogP contribution in [0.1, 0.15) is 22.3 Å². The van der Waals surface area contributed by atoms with Crippen LogP contribution >= 0.6 is 11.3 Å². The summed E-state index contributed by atoms with van der Waals surface area (Å²) >= 11 is 1.83. The minimum atomic E-state index is -0.593. The molecule has 13 aromatic rings. The van der Waals surface area contributed by atoms with Crippen molar-refractivity contribution >= 4 is 53.3 Å². The monoisotopic (exact) mass is 893 g/mol. The number of aromatic nitrogens is 3. The maximum Gasteiger partial charge on any atom is 0.160 e. The Kier molecular flexibility index (Phi) is 8.15. The summed E-state index contributed by atoms with van der Waals surface area (Å²) < 4.78 is 5.00. The van der Waals surface area contributed by atoms with Crippen molar-refractivity contribution in [2.75, 3.05) is 0 Å². The first kappa shape index (κ1) is 38.4. The molecule has 1 atom stereocenters. The van der Waals surface area contributed by atoms with E-state index in [1.807, 2.05) is 11.3 Å². The lowest BCUT2D eigenvalue weighted by molar-refractivity contribution is 0.748. The van der Waals surface area contributed by atoms with Crippen LogP contribution in [0.2, 0.25) is 0 Å². The van der Waals surface area contributed by atoms with Crippen molar-refractivity contribution < 1.29 is 0 Å². The summed E-state index contributed by atoms with van der Waals surface area (Å²) in [5.74, 6) is 0.695. The van der Waals surface area contributed by atoms with Gasteiger partial charge in [-0.25, -0.2) is 9.97 Å². The molecule has 0 saturated carbocycles. The second-order valence-electron chi connectivity index (χ2n) is 18.4. The molecule has 0 N–H and O–H groups in total. The molecule has 0 saturated heterocycles. The third kappa shape index (κ3) is 5.43. The minimum absolute atomic E-state index is 0.593. The van der Waals surface area contributed by atoms with Crippen molar-refractivity contribution in [2.24, 2.45) is 0 Å².